The van der Waals surface area contributed by atoms with Gasteiger partial charge in [-0.3, -0.25) is 0 Å². The lowest BCUT2D eigenvalue weighted by Crippen LogP contribution is -2.32. The van der Waals surface area contributed by atoms with Crippen molar-refractivity contribution < 1.29 is 9.84 Å². The van der Waals surface area contributed by atoms with Gasteiger partial charge in [-0.1, -0.05) is 6.92 Å². The van der Waals surface area contributed by atoms with E-state index in [2.05, 4.69) is 11.8 Å². The number of aliphatic hydroxyl groups is 1. The maximum absolute atomic E-state index is 10.6. The number of likely N-dealkylation sites (tertiary alicyclic amines) is 1. The summed E-state index contributed by atoms with van der Waals surface area (Å²) in [5, 5.41) is 10.6. The SMILES string of the molecule is CCN1CCCC(O)(CCC2CCCO2)CC1. The predicted octanol–water partition coefficient (Wildman–Crippen LogP) is 2.18. The van der Waals surface area contributed by atoms with Gasteiger partial charge in [0.15, 0.2) is 0 Å². The van der Waals surface area contributed by atoms with E-state index >= 15 is 0 Å². The molecule has 0 bridgehead atoms. The number of hydrogen-bond donors (Lipinski definition) is 1. The first-order valence-electron chi connectivity index (χ1n) is 7.28. The maximum atomic E-state index is 10.6. The van der Waals surface area contributed by atoms with E-state index in [4.69, 9.17) is 4.74 Å². The van der Waals surface area contributed by atoms with Crippen LogP contribution in [0.25, 0.3) is 0 Å². The zero-order valence-electron chi connectivity index (χ0n) is 11.2. The summed E-state index contributed by atoms with van der Waals surface area (Å²) < 4.78 is 5.64. The Morgan fingerprint density at radius 3 is 2.88 bits per heavy atom. The molecule has 2 fully saturated rings. The Balaban J connectivity index is 1.76. The van der Waals surface area contributed by atoms with Crippen LogP contribution in [0.4, 0.5) is 0 Å². The van der Waals surface area contributed by atoms with Gasteiger partial charge in [-0.25, -0.2) is 0 Å². The van der Waals surface area contributed by atoms with Gasteiger partial charge in [0.05, 0.1) is 11.7 Å². The molecule has 0 radical (unpaired) electrons. The highest BCUT2D eigenvalue weighted by Gasteiger charge is 2.31. The molecule has 100 valence electrons. The van der Waals surface area contributed by atoms with E-state index in [1.165, 1.54) is 12.8 Å². The quantitative estimate of drug-likeness (QED) is 0.819. The van der Waals surface area contributed by atoms with Crippen LogP contribution < -0.4 is 0 Å². The predicted molar refractivity (Wildman–Crippen MR) is 69.1 cm³/mol. The van der Waals surface area contributed by atoms with E-state index in [1.807, 2.05) is 0 Å². The van der Waals surface area contributed by atoms with Gasteiger partial charge in [0, 0.05) is 13.2 Å². The highest BCUT2D eigenvalue weighted by Crippen LogP contribution is 2.29. The molecule has 1 N–H and O–H groups in total. The van der Waals surface area contributed by atoms with Crippen molar-refractivity contribution >= 4 is 0 Å². The van der Waals surface area contributed by atoms with Crippen molar-refractivity contribution in [2.45, 2.75) is 63.6 Å². The van der Waals surface area contributed by atoms with Gasteiger partial charge in [-0.05, 0) is 58.0 Å². The van der Waals surface area contributed by atoms with Gasteiger partial charge in [0.1, 0.15) is 0 Å². The highest BCUT2D eigenvalue weighted by molar-refractivity contribution is 4.84. The molecule has 0 spiro atoms. The van der Waals surface area contributed by atoms with Crippen molar-refractivity contribution in [3.05, 3.63) is 0 Å². The van der Waals surface area contributed by atoms with Gasteiger partial charge in [-0.2, -0.15) is 0 Å². The molecule has 0 aromatic rings. The molecule has 17 heavy (non-hydrogen) atoms. The summed E-state index contributed by atoms with van der Waals surface area (Å²) >= 11 is 0. The summed E-state index contributed by atoms with van der Waals surface area (Å²) in [5.41, 5.74) is -0.421. The Morgan fingerprint density at radius 2 is 2.18 bits per heavy atom. The summed E-state index contributed by atoms with van der Waals surface area (Å²) in [7, 11) is 0. The van der Waals surface area contributed by atoms with E-state index in [1.54, 1.807) is 0 Å². The van der Waals surface area contributed by atoms with Gasteiger partial charge in [0.2, 0.25) is 0 Å². The van der Waals surface area contributed by atoms with Crippen molar-refractivity contribution in [1.82, 2.24) is 4.90 Å². The topological polar surface area (TPSA) is 32.7 Å². The molecule has 0 amide bonds. The van der Waals surface area contributed by atoms with Gasteiger partial charge in [-0.15, -0.1) is 0 Å². The molecule has 2 aliphatic rings. The summed E-state index contributed by atoms with van der Waals surface area (Å²) in [6, 6.07) is 0. The second-order valence-corrected chi connectivity index (χ2v) is 5.69. The van der Waals surface area contributed by atoms with Gasteiger partial charge in [0.25, 0.3) is 0 Å². The lowest BCUT2D eigenvalue weighted by Gasteiger charge is -2.28. The fraction of sp³-hybridized carbons (Fsp3) is 1.00. The third-order valence-corrected chi connectivity index (χ3v) is 4.41. The molecule has 2 heterocycles. The largest absolute Gasteiger partial charge is 0.390 e. The standard InChI is InChI=1S/C14H27NO2/c1-2-15-10-4-7-14(16,9-11-15)8-6-13-5-3-12-17-13/h13,16H,2-12H2,1H3. The first-order valence-corrected chi connectivity index (χ1v) is 7.28. The third kappa shape index (κ3) is 3.94. The minimum Gasteiger partial charge on any atom is -0.390 e. The molecule has 0 aromatic heterocycles. The molecule has 2 aliphatic heterocycles. The summed E-state index contributed by atoms with van der Waals surface area (Å²) in [4.78, 5) is 2.45. The van der Waals surface area contributed by atoms with E-state index in [0.29, 0.717) is 6.10 Å². The zero-order valence-corrected chi connectivity index (χ0v) is 11.2. The van der Waals surface area contributed by atoms with E-state index in [-0.39, 0.29) is 0 Å². The van der Waals surface area contributed by atoms with Crippen LogP contribution >= 0.6 is 0 Å². The van der Waals surface area contributed by atoms with Crippen molar-refractivity contribution in [3.8, 4) is 0 Å². The van der Waals surface area contributed by atoms with Gasteiger partial charge < -0.3 is 14.7 Å². The molecule has 2 atom stereocenters. The van der Waals surface area contributed by atoms with Crippen LogP contribution in [0, 0.1) is 0 Å². The van der Waals surface area contributed by atoms with Crippen LogP contribution in [-0.4, -0.2) is 48.0 Å². The molecule has 2 unspecified atom stereocenters. The minimum absolute atomic E-state index is 0.421. The first kappa shape index (κ1) is 13.3. The molecular formula is C14H27NO2. The molecule has 0 aromatic carbocycles. The summed E-state index contributed by atoms with van der Waals surface area (Å²) in [5.74, 6) is 0. The van der Waals surface area contributed by atoms with Crippen LogP contribution in [0.5, 0.6) is 0 Å². The Hall–Kier alpha value is -0.120. The van der Waals surface area contributed by atoms with Crippen LogP contribution in [0.15, 0.2) is 0 Å². The average Bonchev–Trinajstić information content (AvgIpc) is 2.77. The zero-order chi connectivity index (χ0) is 12.1. The van der Waals surface area contributed by atoms with Crippen molar-refractivity contribution in [2.24, 2.45) is 0 Å². The Morgan fingerprint density at radius 1 is 1.29 bits per heavy atom. The summed E-state index contributed by atoms with van der Waals surface area (Å²) in [6.45, 7) is 6.45. The van der Waals surface area contributed by atoms with Crippen LogP contribution in [0.1, 0.15) is 51.9 Å². The lowest BCUT2D eigenvalue weighted by molar-refractivity contribution is -0.000954. The Labute approximate surface area is 105 Å². The first-order chi connectivity index (χ1) is 8.22. The van der Waals surface area contributed by atoms with Crippen molar-refractivity contribution in [1.29, 1.82) is 0 Å². The van der Waals surface area contributed by atoms with Crippen molar-refractivity contribution in [2.75, 3.05) is 26.2 Å². The fourth-order valence-electron chi connectivity index (χ4n) is 3.10. The van der Waals surface area contributed by atoms with Crippen LogP contribution in [0.2, 0.25) is 0 Å². The summed E-state index contributed by atoms with van der Waals surface area (Å²) in [6.07, 6.45) is 7.83. The number of ether oxygens (including phenoxy) is 1. The van der Waals surface area contributed by atoms with Crippen molar-refractivity contribution in [3.63, 3.8) is 0 Å². The monoisotopic (exact) mass is 241 g/mol. The van der Waals surface area contributed by atoms with Crippen LogP contribution in [-0.2, 0) is 4.74 Å². The molecule has 3 heteroatoms. The normalized spacial score (nSPS) is 36.0. The molecule has 2 rings (SSSR count). The minimum atomic E-state index is -0.421. The number of rotatable bonds is 4. The Bertz CT molecular complexity index is 228. The van der Waals surface area contributed by atoms with Gasteiger partial charge >= 0.3 is 0 Å². The van der Waals surface area contributed by atoms with E-state index in [0.717, 1.165) is 58.3 Å². The van der Waals surface area contributed by atoms with Crippen LogP contribution in [0.3, 0.4) is 0 Å². The lowest BCUT2D eigenvalue weighted by atomic mass is 9.88. The maximum Gasteiger partial charge on any atom is 0.0661 e. The smallest absolute Gasteiger partial charge is 0.0661 e. The second kappa shape index (κ2) is 6.17. The van der Waals surface area contributed by atoms with E-state index < -0.39 is 5.60 Å². The fourth-order valence-corrected chi connectivity index (χ4v) is 3.10. The molecular weight excluding hydrogens is 214 g/mol. The third-order valence-electron chi connectivity index (χ3n) is 4.41. The Kier molecular flexibility index (Phi) is 4.83. The number of hydrogen-bond acceptors (Lipinski definition) is 3. The molecule has 3 nitrogen and oxygen atoms in total. The average molecular weight is 241 g/mol. The molecule has 0 saturated carbocycles. The highest BCUT2D eigenvalue weighted by atomic mass is 16.5. The van der Waals surface area contributed by atoms with E-state index in [9.17, 15) is 5.11 Å². The second-order valence-electron chi connectivity index (χ2n) is 5.69. The number of nitrogens with zero attached hydrogens (tertiary/aromatic N) is 1. The molecule has 0 aliphatic carbocycles. The molecule has 2 saturated heterocycles.